The quantitative estimate of drug-likeness (QED) is 0.263. The molecule has 0 saturated carbocycles. The molecule has 1 aliphatic rings. The number of nitro benzene ring substituents is 1. The molecule has 0 radical (unpaired) electrons. The Hall–Kier alpha value is -3.55. The third kappa shape index (κ3) is 2.95. The number of hydrogen-bond donors (Lipinski definition) is 0. The number of esters is 1. The van der Waals surface area contributed by atoms with Crippen LogP contribution in [0.5, 0.6) is 0 Å². The lowest BCUT2D eigenvalue weighted by atomic mass is 9.78. The molecule has 3 rings (SSSR count). The first-order valence-corrected chi connectivity index (χ1v) is 8.13. The van der Waals surface area contributed by atoms with Gasteiger partial charge in [-0.3, -0.25) is 29.4 Å². The standard InChI is InChI=1S/C19H16N2O6/c1-27-18(24)19(14-9-5-6-10-15(14)21(25)26)11-16(22)20(17(19)23)12-13-7-3-2-4-8-13/h2-10H,11-12H2,1H3/t19-/m1/s1. The number of amides is 2. The molecule has 2 aromatic carbocycles. The van der Waals surface area contributed by atoms with Gasteiger partial charge in [0.25, 0.3) is 11.6 Å². The Labute approximate surface area is 154 Å². The summed E-state index contributed by atoms with van der Waals surface area (Å²) in [7, 11) is 1.08. The van der Waals surface area contributed by atoms with Gasteiger partial charge in [-0.2, -0.15) is 0 Å². The Bertz CT molecular complexity index is 927. The molecule has 0 spiro atoms. The van der Waals surface area contributed by atoms with Gasteiger partial charge in [0.15, 0.2) is 5.41 Å². The van der Waals surface area contributed by atoms with Crippen LogP contribution in [0.3, 0.4) is 0 Å². The van der Waals surface area contributed by atoms with Gasteiger partial charge in [-0.05, 0) is 5.56 Å². The SMILES string of the molecule is COC(=O)[C@@]1(c2ccccc2[N+](=O)[O-])CC(=O)N(Cc2ccccc2)C1=O. The van der Waals surface area contributed by atoms with Crippen molar-refractivity contribution in [2.24, 2.45) is 0 Å². The van der Waals surface area contributed by atoms with Gasteiger partial charge in [0, 0.05) is 6.07 Å². The molecule has 1 saturated heterocycles. The molecule has 0 aliphatic carbocycles. The first-order chi connectivity index (χ1) is 12.9. The number of para-hydroxylation sites is 1. The molecule has 138 valence electrons. The lowest BCUT2D eigenvalue weighted by Gasteiger charge is -2.24. The van der Waals surface area contributed by atoms with Crippen molar-refractivity contribution >= 4 is 23.5 Å². The molecule has 1 heterocycles. The summed E-state index contributed by atoms with van der Waals surface area (Å²) in [6, 6.07) is 14.2. The summed E-state index contributed by atoms with van der Waals surface area (Å²) >= 11 is 0. The predicted octanol–water partition coefficient (Wildman–Crippen LogP) is 1.96. The number of methoxy groups -OCH3 is 1. The van der Waals surface area contributed by atoms with Gasteiger partial charge < -0.3 is 4.74 Å². The second-order valence-corrected chi connectivity index (χ2v) is 6.12. The fourth-order valence-electron chi connectivity index (χ4n) is 3.32. The van der Waals surface area contributed by atoms with Gasteiger partial charge in [0.2, 0.25) is 5.91 Å². The molecule has 8 nitrogen and oxygen atoms in total. The van der Waals surface area contributed by atoms with Crippen molar-refractivity contribution in [3.63, 3.8) is 0 Å². The minimum absolute atomic E-state index is 0.0299. The molecular weight excluding hydrogens is 352 g/mol. The molecule has 1 fully saturated rings. The van der Waals surface area contributed by atoms with E-state index in [1.807, 2.05) is 0 Å². The van der Waals surface area contributed by atoms with E-state index in [-0.39, 0.29) is 12.1 Å². The van der Waals surface area contributed by atoms with Crippen molar-refractivity contribution in [3.05, 3.63) is 75.8 Å². The number of imide groups is 1. The van der Waals surface area contributed by atoms with Gasteiger partial charge in [-0.15, -0.1) is 0 Å². The largest absolute Gasteiger partial charge is 0.468 e. The van der Waals surface area contributed by atoms with Crippen molar-refractivity contribution in [1.82, 2.24) is 4.90 Å². The highest BCUT2D eigenvalue weighted by Gasteiger charge is 2.61. The monoisotopic (exact) mass is 368 g/mol. The molecule has 0 unspecified atom stereocenters. The van der Waals surface area contributed by atoms with Gasteiger partial charge in [0.1, 0.15) is 0 Å². The summed E-state index contributed by atoms with van der Waals surface area (Å²) in [6.45, 7) is -0.0299. The van der Waals surface area contributed by atoms with E-state index in [4.69, 9.17) is 4.74 Å². The fourth-order valence-corrected chi connectivity index (χ4v) is 3.32. The zero-order valence-electron chi connectivity index (χ0n) is 14.5. The Balaban J connectivity index is 2.12. The van der Waals surface area contributed by atoms with Crippen LogP contribution in [0.1, 0.15) is 17.5 Å². The van der Waals surface area contributed by atoms with Gasteiger partial charge >= 0.3 is 5.97 Å². The van der Waals surface area contributed by atoms with E-state index >= 15 is 0 Å². The summed E-state index contributed by atoms with van der Waals surface area (Å²) in [5.41, 5.74) is -1.92. The van der Waals surface area contributed by atoms with E-state index in [9.17, 15) is 24.5 Å². The van der Waals surface area contributed by atoms with Crippen molar-refractivity contribution in [1.29, 1.82) is 0 Å². The predicted molar refractivity (Wildman–Crippen MR) is 93.4 cm³/mol. The van der Waals surface area contributed by atoms with Gasteiger partial charge in [-0.25, -0.2) is 0 Å². The van der Waals surface area contributed by atoms with E-state index in [1.165, 1.54) is 24.3 Å². The number of likely N-dealkylation sites (tertiary alicyclic amines) is 1. The van der Waals surface area contributed by atoms with E-state index < -0.39 is 40.2 Å². The Kier molecular flexibility index (Phi) is 4.72. The van der Waals surface area contributed by atoms with Crippen LogP contribution in [0.4, 0.5) is 5.69 Å². The van der Waals surface area contributed by atoms with Crippen molar-refractivity contribution < 1.29 is 24.0 Å². The van der Waals surface area contributed by atoms with Crippen molar-refractivity contribution in [2.45, 2.75) is 18.4 Å². The maximum Gasteiger partial charge on any atom is 0.326 e. The Morgan fingerprint density at radius 3 is 2.41 bits per heavy atom. The topological polar surface area (TPSA) is 107 Å². The Morgan fingerprint density at radius 2 is 1.78 bits per heavy atom. The van der Waals surface area contributed by atoms with E-state index in [1.54, 1.807) is 30.3 Å². The Morgan fingerprint density at radius 1 is 1.15 bits per heavy atom. The molecule has 1 aliphatic heterocycles. The number of hydrogen-bond acceptors (Lipinski definition) is 6. The fraction of sp³-hybridized carbons (Fsp3) is 0.211. The van der Waals surface area contributed by atoms with Gasteiger partial charge in [0.05, 0.1) is 30.6 Å². The average Bonchev–Trinajstić information content (AvgIpc) is 2.93. The van der Waals surface area contributed by atoms with E-state index in [2.05, 4.69) is 0 Å². The average molecular weight is 368 g/mol. The van der Waals surface area contributed by atoms with Crippen LogP contribution in [0.15, 0.2) is 54.6 Å². The van der Waals surface area contributed by atoms with Crippen molar-refractivity contribution in [2.75, 3.05) is 7.11 Å². The number of nitro groups is 1. The number of ether oxygens (including phenoxy) is 1. The van der Waals surface area contributed by atoms with Crippen LogP contribution in [-0.4, -0.2) is 34.7 Å². The molecule has 0 bridgehead atoms. The van der Waals surface area contributed by atoms with Crippen LogP contribution in [-0.2, 0) is 31.1 Å². The molecule has 0 aromatic heterocycles. The zero-order valence-corrected chi connectivity index (χ0v) is 14.5. The molecular formula is C19H16N2O6. The number of carbonyl (C=O) groups excluding carboxylic acids is 3. The third-order valence-corrected chi connectivity index (χ3v) is 4.61. The second-order valence-electron chi connectivity index (χ2n) is 6.12. The molecule has 2 amide bonds. The van der Waals surface area contributed by atoms with Crippen molar-refractivity contribution in [3.8, 4) is 0 Å². The second kappa shape index (κ2) is 6.99. The highest BCUT2D eigenvalue weighted by atomic mass is 16.6. The summed E-state index contributed by atoms with van der Waals surface area (Å²) in [6.07, 6.45) is -0.518. The van der Waals surface area contributed by atoms with Crippen LogP contribution in [0, 0.1) is 10.1 Å². The van der Waals surface area contributed by atoms with E-state index in [0.717, 1.165) is 12.0 Å². The lowest BCUT2D eigenvalue weighted by molar-refractivity contribution is -0.385. The molecule has 8 heteroatoms. The summed E-state index contributed by atoms with van der Waals surface area (Å²) < 4.78 is 4.78. The van der Waals surface area contributed by atoms with Crippen LogP contribution >= 0.6 is 0 Å². The number of nitrogens with zero attached hydrogens (tertiary/aromatic N) is 2. The summed E-state index contributed by atoms with van der Waals surface area (Å²) in [4.78, 5) is 50.1. The first-order valence-electron chi connectivity index (χ1n) is 8.13. The summed E-state index contributed by atoms with van der Waals surface area (Å²) in [5, 5.41) is 11.4. The minimum Gasteiger partial charge on any atom is -0.468 e. The first kappa shape index (κ1) is 18.2. The van der Waals surface area contributed by atoms with Gasteiger partial charge in [-0.1, -0.05) is 48.5 Å². The molecule has 1 atom stereocenters. The van der Waals surface area contributed by atoms with E-state index in [0.29, 0.717) is 5.56 Å². The van der Waals surface area contributed by atoms with Crippen LogP contribution < -0.4 is 0 Å². The number of rotatable bonds is 5. The third-order valence-electron chi connectivity index (χ3n) is 4.61. The summed E-state index contributed by atoms with van der Waals surface area (Å²) in [5.74, 6) is -2.41. The molecule has 27 heavy (non-hydrogen) atoms. The minimum atomic E-state index is -2.07. The number of benzene rings is 2. The maximum absolute atomic E-state index is 13.2. The molecule has 2 aromatic rings. The van der Waals surface area contributed by atoms with Crippen LogP contribution in [0.25, 0.3) is 0 Å². The lowest BCUT2D eigenvalue weighted by Crippen LogP contribution is -2.45. The molecule has 0 N–H and O–H groups in total. The highest BCUT2D eigenvalue weighted by molar-refractivity contribution is 6.20. The number of carbonyl (C=O) groups is 3. The highest BCUT2D eigenvalue weighted by Crippen LogP contribution is 2.42. The smallest absolute Gasteiger partial charge is 0.326 e. The normalized spacial score (nSPS) is 19.2. The van der Waals surface area contributed by atoms with Crippen LogP contribution in [0.2, 0.25) is 0 Å². The zero-order chi connectivity index (χ0) is 19.6. The maximum atomic E-state index is 13.2.